The monoisotopic (exact) mass is 421 g/mol. The van der Waals surface area contributed by atoms with Crippen LogP contribution in [0.5, 0.6) is 0 Å². The summed E-state index contributed by atoms with van der Waals surface area (Å²) in [6, 6.07) is 21.1. The van der Waals surface area contributed by atoms with E-state index in [-0.39, 0.29) is 17.5 Å². The lowest BCUT2D eigenvalue weighted by atomic mass is 9.98. The molecule has 152 valence electrons. The number of hydrogen-bond donors (Lipinski definition) is 1. The van der Waals surface area contributed by atoms with Crippen LogP contribution in [0.2, 0.25) is 5.02 Å². The molecule has 0 saturated heterocycles. The Kier molecular flexibility index (Phi) is 6.15. The first kappa shape index (κ1) is 20.2. The molecular weight excluding hydrogens is 401 g/mol. The number of ether oxygens (including phenoxy) is 1. The predicted octanol–water partition coefficient (Wildman–Crippen LogP) is 6.42. The number of carbonyl (C=O) groups excluding carboxylic acids is 1. The standard InChI is InChI=1S/C25H21ClFNO2/c26-24-17(9-7-14-23(24)27)8-5-6-15-28-25(29)30-16-22-20-12-3-1-10-18(20)19-11-2-4-13-21(19)22/h1-5,7-14,22H,6,15-16H2,(H,28,29). The van der Waals surface area contributed by atoms with Gasteiger partial charge in [-0.15, -0.1) is 0 Å². The molecule has 1 N–H and O–H groups in total. The average molecular weight is 422 g/mol. The fourth-order valence-electron chi connectivity index (χ4n) is 3.77. The average Bonchev–Trinajstić information content (AvgIpc) is 3.09. The molecule has 30 heavy (non-hydrogen) atoms. The molecule has 0 spiro atoms. The van der Waals surface area contributed by atoms with Gasteiger partial charge in [0.05, 0.1) is 5.02 Å². The lowest BCUT2D eigenvalue weighted by Gasteiger charge is -2.14. The van der Waals surface area contributed by atoms with E-state index in [4.69, 9.17) is 16.3 Å². The van der Waals surface area contributed by atoms with Gasteiger partial charge in [-0.25, -0.2) is 9.18 Å². The number of carbonyl (C=O) groups is 1. The number of fused-ring (bicyclic) bond motifs is 3. The zero-order valence-electron chi connectivity index (χ0n) is 16.3. The molecule has 0 bridgehead atoms. The molecule has 0 atom stereocenters. The van der Waals surface area contributed by atoms with E-state index in [0.29, 0.717) is 18.5 Å². The van der Waals surface area contributed by atoms with Crippen LogP contribution in [0.25, 0.3) is 17.2 Å². The molecule has 0 fully saturated rings. The summed E-state index contributed by atoms with van der Waals surface area (Å²) >= 11 is 5.92. The maximum Gasteiger partial charge on any atom is 0.407 e. The number of amides is 1. The SMILES string of the molecule is O=C(NCCC=Cc1cccc(F)c1Cl)OCC1c2ccccc2-c2ccccc21. The molecular formula is C25H21ClFNO2. The van der Waals surface area contributed by atoms with Crippen molar-refractivity contribution in [1.82, 2.24) is 5.32 Å². The Morgan fingerprint density at radius 2 is 1.67 bits per heavy atom. The summed E-state index contributed by atoms with van der Waals surface area (Å²) in [5.41, 5.74) is 5.37. The summed E-state index contributed by atoms with van der Waals surface area (Å²) in [6.07, 6.45) is 3.71. The molecule has 4 rings (SSSR count). The molecule has 5 heteroatoms. The quantitative estimate of drug-likeness (QED) is 0.466. The van der Waals surface area contributed by atoms with E-state index in [9.17, 15) is 9.18 Å². The third-order valence-corrected chi connectivity index (χ3v) is 5.60. The largest absolute Gasteiger partial charge is 0.449 e. The lowest BCUT2D eigenvalue weighted by molar-refractivity contribution is 0.143. The van der Waals surface area contributed by atoms with Crippen molar-refractivity contribution in [3.8, 4) is 11.1 Å². The maximum atomic E-state index is 13.4. The molecule has 1 aliphatic carbocycles. The number of hydrogen-bond acceptors (Lipinski definition) is 2. The smallest absolute Gasteiger partial charge is 0.407 e. The zero-order valence-corrected chi connectivity index (χ0v) is 17.0. The Hall–Kier alpha value is -3.11. The Morgan fingerprint density at radius 1 is 1.00 bits per heavy atom. The van der Waals surface area contributed by atoms with Gasteiger partial charge in [0.15, 0.2) is 0 Å². The second-order valence-electron chi connectivity index (χ2n) is 7.09. The Bertz CT molecular complexity index is 1050. The fourth-order valence-corrected chi connectivity index (χ4v) is 3.96. The van der Waals surface area contributed by atoms with Crippen LogP contribution in [0.3, 0.4) is 0 Å². The summed E-state index contributed by atoms with van der Waals surface area (Å²) in [5.74, 6) is -0.409. The van der Waals surface area contributed by atoms with Crippen molar-refractivity contribution in [2.75, 3.05) is 13.2 Å². The highest BCUT2D eigenvalue weighted by atomic mass is 35.5. The Morgan fingerprint density at radius 3 is 2.37 bits per heavy atom. The molecule has 0 radical (unpaired) electrons. The van der Waals surface area contributed by atoms with E-state index >= 15 is 0 Å². The fraction of sp³-hybridized carbons (Fsp3) is 0.160. The van der Waals surface area contributed by atoms with Crippen LogP contribution >= 0.6 is 11.6 Å². The Balaban J connectivity index is 1.28. The predicted molar refractivity (Wildman–Crippen MR) is 118 cm³/mol. The highest BCUT2D eigenvalue weighted by molar-refractivity contribution is 6.32. The maximum absolute atomic E-state index is 13.4. The van der Waals surface area contributed by atoms with Gasteiger partial charge in [0, 0.05) is 12.5 Å². The molecule has 3 aromatic carbocycles. The molecule has 1 amide bonds. The van der Waals surface area contributed by atoms with Crippen LogP contribution in [0, 0.1) is 5.82 Å². The van der Waals surface area contributed by atoms with E-state index in [1.807, 2.05) is 30.3 Å². The summed E-state index contributed by atoms with van der Waals surface area (Å²) < 4.78 is 18.9. The van der Waals surface area contributed by atoms with Gasteiger partial charge in [-0.2, -0.15) is 0 Å². The molecule has 0 saturated carbocycles. The highest BCUT2D eigenvalue weighted by Gasteiger charge is 2.28. The van der Waals surface area contributed by atoms with Crippen molar-refractivity contribution in [2.45, 2.75) is 12.3 Å². The summed E-state index contributed by atoms with van der Waals surface area (Å²) in [7, 11) is 0. The number of nitrogens with one attached hydrogen (secondary N) is 1. The van der Waals surface area contributed by atoms with Gasteiger partial charge in [0.2, 0.25) is 0 Å². The minimum absolute atomic E-state index is 0.0400. The third-order valence-electron chi connectivity index (χ3n) is 5.20. The lowest BCUT2D eigenvalue weighted by Crippen LogP contribution is -2.26. The summed E-state index contributed by atoms with van der Waals surface area (Å²) in [4.78, 5) is 12.1. The van der Waals surface area contributed by atoms with Gasteiger partial charge in [-0.3, -0.25) is 0 Å². The number of benzene rings is 3. The van der Waals surface area contributed by atoms with Gasteiger partial charge < -0.3 is 10.1 Å². The number of alkyl carbamates (subject to hydrolysis) is 1. The van der Waals surface area contributed by atoms with E-state index in [0.717, 1.165) is 0 Å². The third kappa shape index (κ3) is 4.24. The van der Waals surface area contributed by atoms with Crippen LogP contribution in [-0.4, -0.2) is 19.2 Å². The first-order valence-electron chi connectivity index (χ1n) is 9.84. The van der Waals surface area contributed by atoms with E-state index in [1.165, 1.54) is 28.3 Å². The number of halogens is 2. The van der Waals surface area contributed by atoms with Crippen molar-refractivity contribution < 1.29 is 13.9 Å². The normalized spacial score (nSPS) is 12.6. The highest BCUT2D eigenvalue weighted by Crippen LogP contribution is 2.44. The molecule has 0 aliphatic heterocycles. The van der Waals surface area contributed by atoms with Gasteiger partial charge >= 0.3 is 6.09 Å². The summed E-state index contributed by atoms with van der Waals surface area (Å²) in [5, 5.41) is 2.84. The zero-order chi connectivity index (χ0) is 20.9. The van der Waals surface area contributed by atoms with Crippen molar-refractivity contribution in [3.05, 3.63) is 100 Å². The first-order chi connectivity index (χ1) is 14.6. The van der Waals surface area contributed by atoms with E-state index in [2.05, 4.69) is 29.6 Å². The first-order valence-corrected chi connectivity index (χ1v) is 10.2. The van der Waals surface area contributed by atoms with Crippen molar-refractivity contribution in [1.29, 1.82) is 0 Å². The van der Waals surface area contributed by atoms with Crippen molar-refractivity contribution in [3.63, 3.8) is 0 Å². The van der Waals surface area contributed by atoms with E-state index in [1.54, 1.807) is 18.2 Å². The molecule has 0 aromatic heterocycles. The number of rotatable bonds is 6. The molecule has 3 nitrogen and oxygen atoms in total. The van der Waals surface area contributed by atoms with Crippen LogP contribution in [0.4, 0.5) is 9.18 Å². The summed E-state index contributed by atoms with van der Waals surface area (Å²) in [6.45, 7) is 0.703. The van der Waals surface area contributed by atoms with E-state index < -0.39 is 11.9 Å². The Labute approximate surface area is 180 Å². The van der Waals surface area contributed by atoms with Crippen LogP contribution < -0.4 is 5.32 Å². The second kappa shape index (κ2) is 9.14. The van der Waals surface area contributed by atoms with Crippen LogP contribution in [0.15, 0.2) is 72.8 Å². The van der Waals surface area contributed by atoms with Gasteiger partial charge in [0.1, 0.15) is 12.4 Å². The molecule has 3 aromatic rings. The van der Waals surface area contributed by atoms with Gasteiger partial charge in [-0.1, -0.05) is 84.4 Å². The van der Waals surface area contributed by atoms with Crippen LogP contribution in [-0.2, 0) is 4.74 Å². The second-order valence-corrected chi connectivity index (χ2v) is 7.46. The topological polar surface area (TPSA) is 38.3 Å². The van der Waals surface area contributed by atoms with Gasteiger partial charge in [-0.05, 0) is 40.3 Å². The minimum atomic E-state index is -0.450. The molecule has 0 unspecified atom stereocenters. The van der Waals surface area contributed by atoms with Gasteiger partial charge in [0.25, 0.3) is 0 Å². The minimum Gasteiger partial charge on any atom is -0.449 e. The molecule has 0 heterocycles. The molecule has 1 aliphatic rings. The van der Waals surface area contributed by atoms with Crippen LogP contribution in [0.1, 0.15) is 29.0 Å². The van der Waals surface area contributed by atoms with Crippen molar-refractivity contribution in [2.24, 2.45) is 0 Å². The van der Waals surface area contributed by atoms with Crippen molar-refractivity contribution >= 4 is 23.8 Å².